The molecule has 0 aliphatic rings. The molecule has 0 bridgehead atoms. The second-order valence-electron chi connectivity index (χ2n) is 11.1. The molecule has 1 unspecified atom stereocenters. The maximum absolute atomic E-state index is 14.6. The molecule has 4 rings (SSSR count). The van der Waals surface area contributed by atoms with E-state index in [1.54, 1.807) is 56.5 Å². The molecule has 10 heteroatoms. The van der Waals surface area contributed by atoms with Crippen LogP contribution in [0.3, 0.4) is 0 Å². The van der Waals surface area contributed by atoms with Crippen molar-refractivity contribution < 1.29 is 22.7 Å². The van der Waals surface area contributed by atoms with Gasteiger partial charge in [-0.15, -0.1) is 0 Å². The molecule has 46 heavy (non-hydrogen) atoms. The fraction of sp³-hybridized carbons (Fsp3) is 0.278. The molecule has 1 N–H and O–H groups in total. The molecule has 8 nitrogen and oxygen atoms in total. The molecule has 1 atom stereocenters. The van der Waals surface area contributed by atoms with Crippen LogP contribution in [0.15, 0.2) is 102 Å². The summed E-state index contributed by atoms with van der Waals surface area (Å²) in [7, 11) is -2.68. The number of carbonyl (C=O) groups excluding carboxylic acids is 2. The predicted octanol–water partition coefficient (Wildman–Crippen LogP) is 6.33. The highest BCUT2D eigenvalue weighted by atomic mass is 35.5. The largest absolute Gasteiger partial charge is 0.497 e. The number of rotatable bonds is 14. The van der Waals surface area contributed by atoms with Gasteiger partial charge in [0, 0.05) is 24.5 Å². The highest BCUT2D eigenvalue weighted by Gasteiger charge is 2.35. The number of sulfonamides is 1. The van der Waals surface area contributed by atoms with Crippen molar-refractivity contribution in [3.63, 3.8) is 0 Å². The van der Waals surface area contributed by atoms with Gasteiger partial charge in [-0.2, -0.15) is 0 Å². The number of halogens is 1. The van der Waals surface area contributed by atoms with E-state index in [9.17, 15) is 18.0 Å². The SMILES string of the molecule is CCCNC(=O)C(Cc1ccccc1)N(Cc1cccc(OC)c1)C(=O)CN(c1cccc(Cl)c1C)S(=O)(=O)c1ccc(C)cc1. The fourth-order valence-corrected chi connectivity index (χ4v) is 6.75. The van der Waals surface area contributed by atoms with Crippen LogP contribution in [0.2, 0.25) is 5.02 Å². The number of carbonyl (C=O) groups is 2. The third kappa shape index (κ3) is 8.47. The van der Waals surface area contributed by atoms with Crippen LogP contribution >= 0.6 is 11.6 Å². The first kappa shape index (κ1) is 34.5. The van der Waals surface area contributed by atoms with E-state index in [0.29, 0.717) is 29.3 Å². The Hall–Kier alpha value is -4.34. The monoisotopic (exact) mass is 661 g/mol. The van der Waals surface area contributed by atoms with Crippen LogP contribution in [-0.4, -0.2) is 51.4 Å². The van der Waals surface area contributed by atoms with Gasteiger partial charge in [-0.05, 0) is 73.4 Å². The first-order chi connectivity index (χ1) is 22.0. The van der Waals surface area contributed by atoms with Crippen LogP contribution in [-0.2, 0) is 32.6 Å². The maximum atomic E-state index is 14.6. The van der Waals surface area contributed by atoms with Crippen LogP contribution in [0.25, 0.3) is 0 Å². The molecule has 0 radical (unpaired) electrons. The Morgan fingerprint density at radius 1 is 0.891 bits per heavy atom. The second-order valence-corrected chi connectivity index (χ2v) is 13.3. The normalized spacial score (nSPS) is 11.8. The minimum absolute atomic E-state index is 0.0335. The molecule has 0 aliphatic carbocycles. The first-order valence-electron chi connectivity index (χ1n) is 15.1. The number of anilines is 1. The van der Waals surface area contributed by atoms with E-state index in [0.717, 1.165) is 21.0 Å². The fourth-order valence-electron chi connectivity index (χ4n) is 5.10. The van der Waals surface area contributed by atoms with E-state index in [-0.39, 0.29) is 29.5 Å². The molecule has 2 amide bonds. The van der Waals surface area contributed by atoms with Crippen molar-refractivity contribution in [1.82, 2.24) is 10.2 Å². The van der Waals surface area contributed by atoms with Gasteiger partial charge in [0.2, 0.25) is 11.8 Å². The molecule has 242 valence electrons. The summed E-state index contributed by atoms with van der Waals surface area (Å²) in [6, 6.07) is 27.2. The molecule has 4 aromatic rings. The van der Waals surface area contributed by atoms with Crippen molar-refractivity contribution in [3.8, 4) is 5.75 Å². The molecule has 0 heterocycles. The van der Waals surface area contributed by atoms with Crippen molar-refractivity contribution >= 4 is 39.1 Å². The topological polar surface area (TPSA) is 96.0 Å². The van der Waals surface area contributed by atoms with Gasteiger partial charge in [-0.25, -0.2) is 8.42 Å². The number of nitrogens with one attached hydrogen (secondary N) is 1. The lowest BCUT2D eigenvalue weighted by molar-refractivity contribution is -0.140. The lowest BCUT2D eigenvalue weighted by atomic mass is 10.0. The van der Waals surface area contributed by atoms with E-state index in [4.69, 9.17) is 16.3 Å². The van der Waals surface area contributed by atoms with Crippen molar-refractivity contribution in [1.29, 1.82) is 0 Å². The molecule has 0 aliphatic heterocycles. The summed E-state index contributed by atoms with van der Waals surface area (Å²) in [4.78, 5) is 29.9. The number of benzene rings is 4. The van der Waals surface area contributed by atoms with Gasteiger partial charge in [0.05, 0.1) is 17.7 Å². The lowest BCUT2D eigenvalue weighted by Gasteiger charge is -2.34. The Kier molecular flexibility index (Phi) is 11.8. The van der Waals surface area contributed by atoms with Gasteiger partial charge in [0.15, 0.2) is 0 Å². The number of amides is 2. The van der Waals surface area contributed by atoms with E-state index in [1.807, 2.05) is 56.3 Å². The standard InChI is InChI=1S/C36H40ClN3O5S/c1-5-21-38-36(42)34(23-28-11-7-6-8-12-28)39(24-29-13-9-14-30(22-29)45-4)35(41)25-40(33-16-10-15-32(37)27(33)3)46(43,44)31-19-17-26(2)18-20-31/h6-20,22,34H,5,21,23-25H2,1-4H3,(H,38,42). The molecule has 0 saturated heterocycles. The third-order valence-corrected chi connectivity index (χ3v) is 9.89. The van der Waals surface area contributed by atoms with Crippen LogP contribution in [0.5, 0.6) is 5.75 Å². The van der Waals surface area contributed by atoms with E-state index in [2.05, 4.69) is 5.32 Å². The molecule has 4 aromatic carbocycles. The zero-order chi connectivity index (χ0) is 33.3. The zero-order valence-corrected chi connectivity index (χ0v) is 28.1. The maximum Gasteiger partial charge on any atom is 0.264 e. The molecular weight excluding hydrogens is 622 g/mol. The van der Waals surface area contributed by atoms with Crippen molar-refractivity contribution in [2.45, 2.75) is 51.1 Å². The summed E-state index contributed by atoms with van der Waals surface area (Å²) in [6.45, 7) is 5.44. The number of methoxy groups -OCH3 is 1. The van der Waals surface area contributed by atoms with Crippen molar-refractivity contribution in [2.75, 3.05) is 24.5 Å². The van der Waals surface area contributed by atoms with Crippen molar-refractivity contribution in [2.24, 2.45) is 0 Å². The smallest absolute Gasteiger partial charge is 0.264 e. The highest BCUT2D eigenvalue weighted by molar-refractivity contribution is 7.92. The van der Waals surface area contributed by atoms with E-state index < -0.39 is 28.5 Å². The summed E-state index contributed by atoms with van der Waals surface area (Å²) >= 11 is 6.46. The van der Waals surface area contributed by atoms with Gasteiger partial charge in [-0.1, -0.05) is 84.8 Å². The molecule has 0 saturated carbocycles. The van der Waals surface area contributed by atoms with Crippen LogP contribution in [0.1, 0.15) is 35.6 Å². The minimum atomic E-state index is -4.23. The Balaban J connectivity index is 1.83. The van der Waals surface area contributed by atoms with Gasteiger partial charge < -0.3 is 15.0 Å². The van der Waals surface area contributed by atoms with Gasteiger partial charge in [0.25, 0.3) is 10.0 Å². The Morgan fingerprint density at radius 2 is 1.57 bits per heavy atom. The summed E-state index contributed by atoms with van der Waals surface area (Å²) in [5.41, 5.74) is 3.26. The summed E-state index contributed by atoms with van der Waals surface area (Å²) in [6.07, 6.45) is 0.942. The quantitative estimate of drug-likeness (QED) is 0.171. The Bertz CT molecular complexity index is 1750. The Morgan fingerprint density at radius 3 is 2.24 bits per heavy atom. The van der Waals surface area contributed by atoms with Gasteiger partial charge in [0.1, 0.15) is 18.3 Å². The van der Waals surface area contributed by atoms with Gasteiger partial charge >= 0.3 is 0 Å². The Labute approximate surface area is 277 Å². The molecule has 0 spiro atoms. The molecular formula is C36H40ClN3O5S. The number of nitrogens with zero attached hydrogens (tertiary/aromatic N) is 2. The number of hydrogen-bond acceptors (Lipinski definition) is 5. The average molecular weight is 662 g/mol. The van der Waals surface area contributed by atoms with Crippen LogP contribution in [0, 0.1) is 13.8 Å². The number of ether oxygens (including phenoxy) is 1. The van der Waals surface area contributed by atoms with Crippen LogP contribution in [0.4, 0.5) is 5.69 Å². The van der Waals surface area contributed by atoms with Gasteiger partial charge in [-0.3, -0.25) is 13.9 Å². The first-order valence-corrected chi connectivity index (χ1v) is 17.0. The predicted molar refractivity (Wildman–Crippen MR) is 183 cm³/mol. The highest BCUT2D eigenvalue weighted by Crippen LogP contribution is 2.31. The number of aryl methyl sites for hydroxylation is 1. The summed E-state index contributed by atoms with van der Waals surface area (Å²) in [5, 5.41) is 3.32. The number of hydrogen-bond donors (Lipinski definition) is 1. The minimum Gasteiger partial charge on any atom is -0.497 e. The summed E-state index contributed by atoms with van der Waals surface area (Å²) in [5.74, 6) is -0.280. The van der Waals surface area contributed by atoms with E-state index >= 15 is 0 Å². The summed E-state index contributed by atoms with van der Waals surface area (Å²) < 4.78 is 35.0. The molecule has 0 aromatic heterocycles. The zero-order valence-electron chi connectivity index (χ0n) is 26.6. The third-order valence-electron chi connectivity index (χ3n) is 7.70. The second kappa shape index (κ2) is 15.8. The lowest BCUT2D eigenvalue weighted by Crippen LogP contribution is -2.53. The average Bonchev–Trinajstić information content (AvgIpc) is 3.06. The van der Waals surface area contributed by atoms with E-state index in [1.165, 1.54) is 17.0 Å². The van der Waals surface area contributed by atoms with Crippen molar-refractivity contribution in [3.05, 3.63) is 124 Å². The van der Waals surface area contributed by atoms with Crippen LogP contribution < -0.4 is 14.4 Å². The molecule has 0 fully saturated rings.